The standard InChI is InChI=1S/C14H24N4O2S/c1-11(2)8-9-17-14(15)18-10-12-4-6-13(7-5-12)21(19,20)16-3/h4-7,11,16H,8-10H2,1-3H3,(H3,15,17,18). The maximum Gasteiger partial charge on any atom is 0.240 e. The Kier molecular flexibility index (Phi) is 6.64. The molecular formula is C14H24N4O2S. The number of aliphatic imine (C=N–C) groups is 1. The molecule has 6 nitrogen and oxygen atoms in total. The van der Waals surface area contributed by atoms with Gasteiger partial charge in [0.2, 0.25) is 10.0 Å². The van der Waals surface area contributed by atoms with E-state index in [0.29, 0.717) is 18.4 Å². The summed E-state index contributed by atoms with van der Waals surface area (Å²) < 4.78 is 25.4. The largest absolute Gasteiger partial charge is 0.370 e. The molecule has 21 heavy (non-hydrogen) atoms. The topological polar surface area (TPSA) is 96.6 Å². The van der Waals surface area contributed by atoms with Gasteiger partial charge in [-0.1, -0.05) is 26.0 Å². The number of guanidine groups is 1. The minimum absolute atomic E-state index is 0.237. The quantitative estimate of drug-likeness (QED) is 0.518. The molecule has 1 aromatic rings. The Balaban J connectivity index is 2.56. The molecule has 4 N–H and O–H groups in total. The van der Waals surface area contributed by atoms with E-state index in [-0.39, 0.29) is 4.90 Å². The van der Waals surface area contributed by atoms with Gasteiger partial charge >= 0.3 is 0 Å². The van der Waals surface area contributed by atoms with Crippen molar-refractivity contribution >= 4 is 16.0 Å². The smallest absolute Gasteiger partial charge is 0.240 e. The van der Waals surface area contributed by atoms with Crippen LogP contribution < -0.4 is 15.8 Å². The van der Waals surface area contributed by atoms with Crippen molar-refractivity contribution in [1.82, 2.24) is 10.0 Å². The van der Waals surface area contributed by atoms with Crippen molar-refractivity contribution in [1.29, 1.82) is 0 Å². The third kappa shape index (κ3) is 6.14. The summed E-state index contributed by atoms with van der Waals surface area (Å²) in [7, 11) is -2.00. The van der Waals surface area contributed by atoms with Crippen LogP contribution in [0.1, 0.15) is 25.8 Å². The Hall–Kier alpha value is -1.60. The number of nitrogens with one attached hydrogen (secondary N) is 2. The van der Waals surface area contributed by atoms with Crippen LogP contribution in [0.4, 0.5) is 0 Å². The van der Waals surface area contributed by atoms with Gasteiger partial charge in [0.1, 0.15) is 0 Å². The van der Waals surface area contributed by atoms with Gasteiger partial charge in [-0.05, 0) is 37.1 Å². The lowest BCUT2D eigenvalue weighted by Gasteiger charge is -2.07. The van der Waals surface area contributed by atoms with Crippen molar-refractivity contribution < 1.29 is 8.42 Å². The van der Waals surface area contributed by atoms with Crippen LogP contribution in [0.25, 0.3) is 0 Å². The molecule has 1 aromatic carbocycles. The fraction of sp³-hybridized carbons (Fsp3) is 0.500. The van der Waals surface area contributed by atoms with E-state index in [1.165, 1.54) is 7.05 Å². The molecule has 0 aliphatic carbocycles. The lowest BCUT2D eigenvalue weighted by atomic mass is 10.1. The van der Waals surface area contributed by atoms with Crippen molar-refractivity contribution in [3.63, 3.8) is 0 Å². The number of nitrogens with zero attached hydrogens (tertiary/aromatic N) is 1. The number of hydrogen-bond donors (Lipinski definition) is 3. The zero-order valence-corrected chi connectivity index (χ0v) is 13.6. The Morgan fingerprint density at radius 3 is 2.43 bits per heavy atom. The molecule has 0 radical (unpaired) electrons. The van der Waals surface area contributed by atoms with Crippen LogP contribution in [-0.2, 0) is 16.6 Å². The Bertz CT molecular complexity index is 565. The van der Waals surface area contributed by atoms with E-state index in [0.717, 1.165) is 18.5 Å². The van der Waals surface area contributed by atoms with Crippen molar-refractivity contribution in [3.05, 3.63) is 29.8 Å². The van der Waals surface area contributed by atoms with E-state index in [2.05, 4.69) is 28.9 Å². The van der Waals surface area contributed by atoms with Crippen LogP contribution in [0, 0.1) is 5.92 Å². The lowest BCUT2D eigenvalue weighted by molar-refractivity contribution is 0.576. The summed E-state index contributed by atoms with van der Waals surface area (Å²) in [5.74, 6) is 1.02. The minimum atomic E-state index is -3.39. The number of sulfonamides is 1. The number of hydrogen-bond acceptors (Lipinski definition) is 3. The van der Waals surface area contributed by atoms with Gasteiger partial charge in [-0.2, -0.15) is 0 Å². The maximum absolute atomic E-state index is 11.6. The first-order valence-corrected chi connectivity index (χ1v) is 8.39. The monoisotopic (exact) mass is 312 g/mol. The van der Waals surface area contributed by atoms with E-state index >= 15 is 0 Å². The summed E-state index contributed by atoms with van der Waals surface area (Å²) >= 11 is 0. The molecule has 0 heterocycles. The molecule has 0 unspecified atom stereocenters. The summed E-state index contributed by atoms with van der Waals surface area (Å²) in [4.78, 5) is 4.46. The highest BCUT2D eigenvalue weighted by molar-refractivity contribution is 7.89. The molecule has 0 aromatic heterocycles. The first-order chi connectivity index (χ1) is 9.85. The Morgan fingerprint density at radius 1 is 1.29 bits per heavy atom. The third-order valence-electron chi connectivity index (χ3n) is 2.96. The van der Waals surface area contributed by atoms with Gasteiger partial charge in [0, 0.05) is 6.54 Å². The summed E-state index contributed by atoms with van der Waals surface area (Å²) in [6.07, 6.45) is 1.03. The molecule has 0 saturated heterocycles. The predicted molar refractivity (Wildman–Crippen MR) is 85.5 cm³/mol. The summed E-state index contributed by atoms with van der Waals surface area (Å²) in [5, 5.41) is 3.05. The molecule has 0 spiro atoms. The molecule has 0 aliphatic heterocycles. The van der Waals surface area contributed by atoms with E-state index in [1.54, 1.807) is 24.3 Å². The molecular weight excluding hydrogens is 288 g/mol. The number of nitrogens with two attached hydrogens (primary N) is 1. The average Bonchev–Trinajstić information content (AvgIpc) is 2.45. The van der Waals surface area contributed by atoms with Gasteiger partial charge in [-0.3, -0.25) is 0 Å². The van der Waals surface area contributed by atoms with Crippen molar-refractivity contribution in [2.75, 3.05) is 13.6 Å². The number of benzene rings is 1. The molecule has 0 fully saturated rings. The highest BCUT2D eigenvalue weighted by atomic mass is 32.2. The second kappa shape index (κ2) is 7.99. The normalized spacial score (nSPS) is 12.7. The highest BCUT2D eigenvalue weighted by Crippen LogP contribution is 2.10. The van der Waals surface area contributed by atoms with Gasteiger partial charge in [-0.15, -0.1) is 0 Å². The van der Waals surface area contributed by atoms with Gasteiger partial charge in [0.25, 0.3) is 0 Å². The van der Waals surface area contributed by atoms with Gasteiger partial charge in [0.15, 0.2) is 5.96 Å². The summed E-state index contributed by atoms with van der Waals surface area (Å²) in [6.45, 7) is 5.51. The second-order valence-electron chi connectivity index (χ2n) is 5.16. The average molecular weight is 312 g/mol. The predicted octanol–water partition coefficient (Wildman–Crippen LogP) is 1.05. The van der Waals surface area contributed by atoms with E-state index in [1.807, 2.05) is 0 Å². The number of rotatable bonds is 7. The van der Waals surface area contributed by atoms with Gasteiger partial charge < -0.3 is 11.1 Å². The van der Waals surface area contributed by atoms with Crippen molar-refractivity contribution in [2.45, 2.75) is 31.7 Å². The van der Waals surface area contributed by atoms with E-state index in [4.69, 9.17) is 5.73 Å². The fourth-order valence-electron chi connectivity index (χ4n) is 1.61. The molecule has 0 atom stereocenters. The molecule has 1 rings (SSSR count). The molecule has 7 heteroatoms. The Morgan fingerprint density at radius 2 is 1.90 bits per heavy atom. The Labute approximate surface area is 126 Å². The molecule has 0 saturated carbocycles. The fourth-order valence-corrected chi connectivity index (χ4v) is 2.34. The van der Waals surface area contributed by atoms with Crippen LogP contribution in [-0.4, -0.2) is 28.0 Å². The molecule has 0 aliphatic rings. The maximum atomic E-state index is 11.6. The van der Waals surface area contributed by atoms with Crippen molar-refractivity contribution in [3.8, 4) is 0 Å². The van der Waals surface area contributed by atoms with Crippen LogP contribution in [0.2, 0.25) is 0 Å². The van der Waals surface area contributed by atoms with Crippen LogP contribution in [0.5, 0.6) is 0 Å². The second-order valence-corrected chi connectivity index (χ2v) is 7.05. The zero-order valence-electron chi connectivity index (χ0n) is 12.8. The lowest BCUT2D eigenvalue weighted by Crippen LogP contribution is -2.32. The minimum Gasteiger partial charge on any atom is -0.370 e. The SMILES string of the molecule is CNS(=O)(=O)c1ccc(CN=C(N)NCCC(C)C)cc1. The summed E-state index contributed by atoms with van der Waals surface area (Å²) in [6, 6.07) is 6.57. The molecule has 0 amide bonds. The van der Waals surface area contributed by atoms with Crippen LogP contribution in [0.3, 0.4) is 0 Å². The van der Waals surface area contributed by atoms with E-state index < -0.39 is 10.0 Å². The highest BCUT2D eigenvalue weighted by Gasteiger charge is 2.10. The van der Waals surface area contributed by atoms with Crippen molar-refractivity contribution in [2.24, 2.45) is 16.6 Å². The third-order valence-corrected chi connectivity index (χ3v) is 4.39. The van der Waals surface area contributed by atoms with Crippen LogP contribution >= 0.6 is 0 Å². The first-order valence-electron chi connectivity index (χ1n) is 6.91. The van der Waals surface area contributed by atoms with Gasteiger partial charge in [-0.25, -0.2) is 18.1 Å². The van der Waals surface area contributed by atoms with E-state index in [9.17, 15) is 8.42 Å². The zero-order chi connectivity index (χ0) is 15.9. The van der Waals surface area contributed by atoms with Crippen LogP contribution in [0.15, 0.2) is 34.2 Å². The summed E-state index contributed by atoms with van der Waals surface area (Å²) in [5.41, 5.74) is 6.66. The first kappa shape index (κ1) is 17.5. The molecule has 118 valence electrons. The van der Waals surface area contributed by atoms with Gasteiger partial charge in [0.05, 0.1) is 11.4 Å². The molecule has 0 bridgehead atoms.